The molecule has 0 saturated carbocycles. The van der Waals surface area contributed by atoms with E-state index >= 15 is 0 Å². The first-order valence-corrected chi connectivity index (χ1v) is 20.6. The van der Waals surface area contributed by atoms with Gasteiger partial charge in [-0.15, -0.1) is 0 Å². The molecule has 0 bridgehead atoms. The number of cyclic esters (lactones) is 1. The molecule has 328 valence electrons. The first-order chi connectivity index (χ1) is 27.0. The summed E-state index contributed by atoms with van der Waals surface area (Å²) in [6.45, 7) is 16.8. The van der Waals surface area contributed by atoms with Gasteiger partial charge in [0.1, 0.15) is 17.8 Å². The van der Waals surface area contributed by atoms with E-state index in [0.717, 1.165) is 0 Å². The van der Waals surface area contributed by atoms with Crippen molar-refractivity contribution in [1.29, 1.82) is 0 Å². The lowest BCUT2D eigenvalue weighted by molar-refractivity contribution is -0.317. The van der Waals surface area contributed by atoms with E-state index in [1.165, 1.54) is 20.1 Å². The number of hydrogen-bond acceptors (Lipinski definition) is 14. The lowest BCUT2D eigenvalue weighted by Crippen LogP contribution is -2.61. The van der Waals surface area contributed by atoms with Crippen molar-refractivity contribution in [3.63, 3.8) is 0 Å². The van der Waals surface area contributed by atoms with Crippen molar-refractivity contribution in [1.82, 2.24) is 4.90 Å². The van der Waals surface area contributed by atoms with Gasteiger partial charge in [-0.1, -0.05) is 39.0 Å². The van der Waals surface area contributed by atoms with Gasteiger partial charge < -0.3 is 53.4 Å². The van der Waals surface area contributed by atoms with Crippen LogP contribution in [-0.2, 0) is 42.7 Å². The molecule has 2 saturated heterocycles. The van der Waals surface area contributed by atoms with Gasteiger partial charge in [-0.3, -0.25) is 9.59 Å². The number of nitrogens with zero attached hydrogens (tertiary/aromatic N) is 1. The molecule has 2 fully saturated rings. The van der Waals surface area contributed by atoms with Gasteiger partial charge in [0, 0.05) is 25.4 Å². The molecule has 3 aliphatic rings. The van der Waals surface area contributed by atoms with Crippen LogP contribution in [0.1, 0.15) is 105 Å². The Morgan fingerprint density at radius 1 is 0.948 bits per heavy atom. The zero-order valence-corrected chi connectivity index (χ0v) is 36.7. The average Bonchev–Trinajstić information content (AvgIpc) is 3.16. The number of carbonyl (C=O) groups is 3. The highest BCUT2D eigenvalue weighted by Gasteiger charge is 2.53. The van der Waals surface area contributed by atoms with E-state index in [1.807, 2.05) is 25.9 Å². The molecule has 0 aliphatic carbocycles. The highest BCUT2D eigenvalue weighted by atomic mass is 16.7. The van der Waals surface area contributed by atoms with Gasteiger partial charge in [-0.25, -0.2) is 4.79 Å². The van der Waals surface area contributed by atoms with Crippen LogP contribution in [0, 0.1) is 17.8 Å². The van der Waals surface area contributed by atoms with Crippen LogP contribution in [0.5, 0.6) is 0 Å². The minimum atomic E-state index is -1.80. The minimum Gasteiger partial charge on any atom is -0.459 e. The summed E-state index contributed by atoms with van der Waals surface area (Å²) in [5, 5.41) is 35.3. The van der Waals surface area contributed by atoms with Crippen molar-refractivity contribution in [3.8, 4) is 0 Å². The van der Waals surface area contributed by atoms with Gasteiger partial charge in [0.15, 0.2) is 24.5 Å². The second kappa shape index (κ2) is 19.3. The molecule has 1 unspecified atom stereocenters. The number of methoxy groups -OCH3 is 1. The monoisotopic (exact) mass is 819 g/mol. The molecule has 1 aromatic carbocycles. The number of esters is 2. The number of allylic oxidation sites excluding steroid dienone is 1. The van der Waals surface area contributed by atoms with Gasteiger partial charge in [-0.05, 0) is 106 Å². The molecule has 16 atom stereocenters. The van der Waals surface area contributed by atoms with E-state index < -0.39 is 95.7 Å². The summed E-state index contributed by atoms with van der Waals surface area (Å²) >= 11 is 0. The zero-order valence-electron chi connectivity index (χ0n) is 36.7. The van der Waals surface area contributed by atoms with Crippen LogP contribution < -0.4 is 0 Å². The smallest absolute Gasteiger partial charge is 0.338 e. The summed E-state index contributed by atoms with van der Waals surface area (Å²) in [5.74, 6) is -4.28. The van der Waals surface area contributed by atoms with Crippen LogP contribution in [-0.4, -0.2) is 137 Å². The van der Waals surface area contributed by atoms with E-state index in [2.05, 4.69) is 0 Å². The Morgan fingerprint density at radius 2 is 1.59 bits per heavy atom. The van der Waals surface area contributed by atoms with Crippen molar-refractivity contribution in [2.75, 3.05) is 21.2 Å². The highest BCUT2D eigenvalue weighted by Crippen LogP contribution is 2.40. The van der Waals surface area contributed by atoms with Crippen molar-refractivity contribution >= 4 is 17.7 Å². The molecular formula is C44H69NO13. The molecule has 3 N–H and O–H groups in total. The number of rotatable bonds is 9. The lowest BCUT2D eigenvalue weighted by atomic mass is 9.76. The maximum absolute atomic E-state index is 14.3. The van der Waals surface area contributed by atoms with Gasteiger partial charge in [-0.2, -0.15) is 0 Å². The van der Waals surface area contributed by atoms with Crippen LogP contribution in [0.4, 0.5) is 0 Å². The SMILES string of the molecule is CC[C@H]1OC(=O)[C@H](C)[C@@H](O[C@H]2C[C@@](C)(OC)[C@@H](O)[C@H](C)O2)[C@H](C)[C@@H](OC2O[C@H](C)C[C@H](N(C)C)[C@H]2OC(=O)c2ccccc2)[C@](C)(O)C[C@@H](C)C(=O)/C(C)=C/[C@]1(C)O. The van der Waals surface area contributed by atoms with E-state index in [4.69, 9.17) is 33.2 Å². The minimum absolute atomic E-state index is 0.0924. The average molecular weight is 820 g/mol. The maximum Gasteiger partial charge on any atom is 0.338 e. The number of ketones is 1. The predicted octanol–water partition coefficient (Wildman–Crippen LogP) is 4.60. The summed E-state index contributed by atoms with van der Waals surface area (Å²) in [6, 6.07) is 8.23. The van der Waals surface area contributed by atoms with Crippen molar-refractivity contribution < 1.29 is 62.9 Å². The number of carbonyl (C=O) groups excluding carboxylic acids is 3. The number of aliphatic hydroxyl groups excluding tert-OH is 1. The third-order valence-electron chi connectivity index (χ3n) is 12.4. The molecule has 0 radical (unpaired) electrons. The molecule has 0 aromatic heterocycles. The Labute approximate surface area is 344 Å². The fraction of sp³-hybridized carbons (Fsp3) is 0.750. The van der Waals surface area contributed by atoms with E-state index in [1.54, 1.807) is 85.7 Å². The number of likely N-dealkylation sites (N-methyl/N-ethyl adjacent to an activating group) is 1. The predicted molar refractivity (Wildman–Crippen MR) is 214 cm³/mol. The first kappa shape index (κ1) is 47.9. The fourth-order valence-corrected chi connectivity index (χ4v) is 8.97. The number of benzene rings is 1. The van der Waals surface area contributed by atoms with E-state index in [0.29, 0.717) is 12.0 Å². The summed E-state index contributed by atoms with van der Waals surface area (Å²) in [5.41, 5.74) is -3.98. The summed E-state index contributed by atoms with van der Waals surface area (Å²) in [4.78, 5) is 43.7. The normalized spacial score (nSPS) is 43.2. The van der Waals surface area contributed by atoms with Gasteiger partial charge in [0.25, 0.3) is 0 Å². The largest absolute Gasteiger partial charge is 0.459 e. The Bertz CT molecular complexity index is 1580. The van der Waals surface area contributed by atoms with Gasteiger partial charge in [0.05, 0.1) is 53.1 Å². The second-order valence-corrected chi connectivity index (χ2v) is 17.8. The molecule has 3 heterocycles. The Morgan fingerprint density at radius 3 is 2.17 bits per heavy atom. The van der Waals surface area contributed by atoms with Crippen LogP contribution in [0.3, 0.4) is 0 Å². The second-order valence-electron chi connectivity index (χ2n) is 17.8. The summed E-state index contributed by atoms with van der Waals surface area (Å²) in [7, 11) is 5.24. The third-order valence-corrected chi connectivity index (χ3v) is 12.4. The van der Waals surface area contributed by atoms with Crippen LogP contribution >= 0.6 is 0 Å². The zero-order chi connectivity index (χ0) is 43.5. The molecule has 3 aliphatic heterocycles. The summed E-state index contributed by atoms with van der Waals surface area (Å²) < 4.78 is 44.3. The topological polar surface area (TPSA) is 180 Å². The van der Waals surface area contributed by atoms with Crippen molar-refractivity contribution in [3.05, 3.63) is 47.5 Å². The standard InChI is InChI=1S/C44H69NO13/c1-14-32-42(8,50)21-24(2)34(46)25(3)22-43(9,51)38(27(5)35(28(6)39(48)55-32)56-33-23-44(10,52-13)37(47)29(7)54-33)58-41-36(31(45(11)12)20-26(4)53-41)57-40(49)30-18-16-15-17-19-30/h15-19,21,25-29,31-33,35-38,41,47,50-51H,14,20,22-23H2,1-13H3/b24-21+/t25-,26-,27+,28-,29+,31+,32-,33+,35+,36-,37+,38-,41?,42+,43-,44-/m1/s1. The highest BCUT2D eigenvalue weighted by molar-refractivity contribution is 5.96. The van der Waals surface area contributed by atoms with E-state index in [-0.39, 0.29) is 42.8 Å². The molecule has 1 aromatic rings. The molecule has 14 nitrogen and oxygen atoms in total. The number of hydrogen-bond donors (Lipinski definition) is 3. The van der Waals surface area contributed by atoms with Gasteiger partial charge >= 0.3 is 11.9 Å². The molecule has 58 heavy (non-hydrogen) atoms. The fourth-order valence-electron chi connectivity index (χ4n) is 8.97. The quantitative estimate of drug-likeness (QED) is 0.295. The molecule has 4 rings (SSSR count). The first-order valence-electron chi connectivity index (χ1n) is 20.6. The number of Topliss-reactive ketones (excluding diaryl/α,β-unsaturated/α-hetero) is 1. The van der Waals surface area contributed by atoms with Crippen molar-refractivity contribution in [2.24, 2.45) is 17.8 Å². The summed E-state index contributed by atoms with van der Waals surface area (Å²) in [6.07, 6.45) is -6.43. The number of ether oxygens (including phenoxy) is 7. The molecule has 0 spiro atoms. The van der Waals surface area contributed by atoms with Crippen LogP contribution in [0.2, 0.25) is 0 Å². The Balaban J connectivity index is 1.87. The van der Waals surface area contributed by atoms with Gasteiger partial charge in [0.2, 0.25) is 0 Å². The third kappa shape index (κ3) is 10.9. The Hall–Kier alpha value is -2.79. The van der Waals surface area contributed by atoms with Crippen molar-refractivity contribution in [2.45, 2.75) is 173 Å². The molecule has 14 heteroatoms. The maximum atomic E-state index is 14.3. The van der Waals surface area contributed by atoms with E-state index in [9.17, 15) is 29.7 Å². The lowest BCUT2D eigenvalue weighted by Gasteiger charge is -2.49. The molecule has 0 amide bonds. The van der Waals surface area contributed by atoms with Crippen LogP contribution in [0.25, 0.3) is 0 Å². The van der Waals surface area contributed by atoms with Crippen LogP contribution in [0.15, 0.2) is 42.0 Å². The number of aliphatic hydroxyl groups is 3. The molecular weight excluding hydrogens is 750 g/mol. The Kier molecular flexibility index (Phi) is 15.9.